The van der Waals surface area contributed by atoms with Crippen molar-refractivity contribution < 1.29 is 31.9 Å². The first-order valence-corrected chi connectivity index (χ1v) is 10.6. The van der Waals surface area contributed by atoms with Gasteiger partial charge in [0.05, 0.1) is 43.1 Å². The summed E-state index contributed by atoms with van der Waals surface area (Å²) in [6, 6.07) is 8.73. The Balaban J connectivity index is 1.31. The largest absolute Gasteiger partial charge is 0.633 e. The molecule has 0 aliphatic carbocycles. The lowest BCUT2D eigenvalue weighted by Gasteiger charge is -2.47. The highest BCUT2D eigenvalue weighted by molar-refractivity contribution is 5.94. The third kappa shape index (κ3) is 4.76. The van der Waals surface area contributed by atoms with Crippen LogP contribution < -0.4 is 9.47 Å². The van der Waals surface area contributed by atoms with Crippen LogP contribution in [0.15, 0.2) is 40.9 Å². The number of fused-ring (bicyclic) bond motifs is 1. The van der Waals surface area contributed by atoms with E-state index in [2.05, 4.69) is 5.16 Å². The molecule has 2 aromatic carbocycles. The lowest BCUT2D eigenvalue weighted by atomic mass is 9.91. The Hall–Kier alpha value is -2.97. The highest BCUT2D eigenvalue weighted by atomic mass is 19.1. The van der Waals surface area contributed by atoms with E-state index >= 15 is 0 Å². The molecule has 1 aromatic heterocycles. The molecule has 0 radical (unpaired) electrons. The van der Waals surface area contributed by atoms with Gasteiger partial charge in [-0.1, -0.05) is 5.16 Å². The van der Waals surface area contributed by atoms with Crippen molar-refractivity contribution in [3.8, 4) is 11.5 Å². The molecule has 7 nitrogen and oxygen atoms in total. The molecule has 3 aromatic rings. The molecule has 0 amide bonds. The number of carbonyl (C=O) groups is 1. The average Bonchev–Trinajstić information content (AvgIpc) is 3.20. The number of likely N-dealkylation sites (tertiary alicyclic amines) is 1. The fraction of sp³-hybridized carbons (Fsp3) is 0.417. The van der Waals surface area contributed by atoms with Gasteiger partial charge in [-0.2, -0.15) is 0 Å². The summed E-state index contributed by atoms with van der Waals surface area (Å²) in [6.07, 6.45) is 1.75. The molecule has 0 bridgehead atoms. The summed E-state index contributed by atoms with van der Waals surface area (Å²) in [5, 5.41) is 18.1. The number of nitrogens with zero attached hydrogens (tertiary/aromatic N) is 2. The molecular weight excluding hydrogens is 415 g/mol. The summed E-state index contributed by atoms with van der Waals surface area (Å²) in [6.45, 7) is 2.75. The van der Waals surface area contributed by atoms with Crippen LogP contribution in [0.2, 0.25) is 0 Å². The van der Waals surface area contributed by atoms with E-state index in [9.17, 15) is 14.4 Å². The Morgan fingerprint density at radius 1 is 1.28 bits per heavy atom. The molecule has 4 rings (SSSR count). The second kappa shape index (κ2) is 9.26. The molecule has 1 fully saturated rings. The molecule has 1 saturated heterocycles. The number of Topliss-reactive ketones (excluding diaryl/α,β-unsaturated/α-hetero) is 1. The van der Waals surface area contributed by atoms with Gasteiger partial charge in [0, 0.05) is 42.2 Å². The van der Waals surface area contributed by atoms with Gasteiger partial charge >= 0.3 is 0 Å². The van der Waals surface area contributed by atoms with Crippen molar-refractivity contribution in [2.45, 2.75) is 32.1 Å². The van der Waals surface area contributed by atoms with Gasteiger partial charge in [0.1, 0.15) is 5.82 Å². The maximum Gasteiger partial charge on any atom is 0.170 e. The van der Waals surface area contributed by atoms with Crippen molar-refractivity contribution >= 4 is 16.8 Å². The van der Waals surface area contributed by atoms with E-state index in [-0.39, 0.29) is 40.3 Å². The molecule has 170 valence electrons. The number of aromatic nitrogens is 1. The number of halogens is 1. The smallest absolute Gasteiger partial charge is 0.170 e. The zero-order chi connectivity index (χ0) is 25.2. The number of piperidine rings is 1. The zero-order valence-corrected chi connectivity index (χ0v) is 17.8. The van der Waals surface area contributed by atoms with Crippen LogP contribution in [0.3, 0.4) is 0 Å². The summed E-state index contributed by atoms with van der Waals surface area (Å²) >= 11 is 0. The quantitative estimate of drug-likeness (QED) is 0.214. The highest BCUT2D eigenvalue weighted by Gasteiger charge is 2.30. The van der Waals surface area contributed by atoms with Gasteiger partial charge in [-0.05, 0) is 37.3 Å². The average molecular weight is 446 g/mol. The van der Waals surface area contributed by atoms with E-state index in [0.717, 1.165) is 11.1 Å². The molecule has 0 spiro atoms. The molecule has 0 atom stereocenters. The number of benzene rings is 2. The first kappa shape index (κ1) is 18.6. The van der Waals surface area contributed by atoms with Gasteiger partial charge < -0.3 is 23.9 Å². The van der Waals surface area contributed by atoms with Crippen molar-refractivity contribution in [2.75, 3.05) is 33.3 Å². The molecule has 32 heavy (non-hydrogen) atoms. The first-order valence-electron chi connectivity index (χ1n) is 12.1. The Kier molecular flexibility index (Phi) is 5.38. The minimum Gasteiger partial charge on any atom is -0.633 e. The van der Waals surface area contributed by atoms with E-state index in [1.807, 2.05) is 0 Å². The number of ketones is 1. The number of ether oxygens (including phenoxy) is 2. The standard InChI is InChI=1S/C24H27FN2O5/c1-16(28)18-4-7-21(23(14-18)30-2)31-13-3-10-27(29)11-8-17(9-12-27)24-20-6-5-19(25)15-22(20)32-26-24/h4-7,14-15,17H,3,8-13H2,1-2H3/i2D3. The van der Waals surface area contributed by atoms with E-state index in [1.165, 1.54) is 31.2 Å². The summed E-state index contributed by atoms with van der Waals surface area (Å²) in [5.41, 5.74) is 1.49. The maximum absolute atomic E-state index is 13.4. The predicted octanol–water partition coefficient (Wildman–Crippen LogP) is 4.84. The van der Waals surface area contributed by atoms with Crippen LogP contribution in [0.25, 0.3) is 11.0 Å². The third-order valence-electron chi connectivity index (χ3n) is 6.05. The van der Waals surface area contributed by atoms with Gasteiger partial charge in [-0.25, -0.2) is 4.39 Å². The SMILES string of the molecule is [2H]C([2H])([2H])Oc1cc(C(C)=O)ccc1OCCC[N+]1([O-])CCC(c2noc3cc(F)ccc23)CC1. The van der Waals surface area contributed by atoms with E-state index < -0.39 is 7.04 Å². The number of hydroxylamine groups is 3. The summed E-state index contributed by atoms with van der Waals surface area (Å²) in [5.74, 6) is -0.356. The Labute approximate surface area is 190 Å². The molecule has 0 saturated carbocycles. The molecule has 0 unspecified atom stereocenters. The number of carbonyl (C=O) groups excluding carboxylic acids is 1. The Bertz CT molecular complexity index is 1210. The second-order valence-corrected chi connectivity index (χ2v) is 8.23. The van der Waals surface area contributed by atoms with Crippen molar-refractivity contribution in [1.82, 2.24) is 5.16 Å². The number of hydrogen-bond donors (Lipinski definition) is 0. The molecule has 8 heteroatoms. The molecule has 2 heterocycles. The predicted molar refractivity (Wildman–Crippen MR) is 117 cm³/mol. The van der Waals surface area contributed by atoms with Crippen molar-refractivity contribution in [3.63, 3.8) is 0 Å². The van der Waals surface area contributed by atoms with Gasteiger partial charge in [0.2, 0.25) is 0 Å². The van der Waals surface area contributed by atoms with E-state index in [0.29, 0.717) is 50.0 Å². The minimum absolute atomic E-state index is 0.0377. The number of hydrogen-bond acceptors (Lipinski definition) is 6. The molecule has 1 aliphatic heterocycles. The first-order chi connectivity index (χ1) is 16.5. The maximum atomic E-state index is 13.4. The van der Waals surface area contributed by atoms with Gasteiger partial charge in [0.15, 0.2) is 22.9 Å². The lowest BCUT2D eigenvalue weighted by molar-refractivity contribution is -0.886. The number of methoxy groups -OCH3 is 1. The lowest BCUT2D eigenvalue weighted by Crippen LogP contribution is -2.48. The summed E-state index contributed by atoms with van der Waals surface area (Å²) in [7, 11) is -2.69. The van der Waals surface area contributed by atoms with Crippen LogP contribution in [0.1, 0.15) is 52.3 Å². The molecule has 0 N–H and O–H groups in total. The Morgan fingerprint density at radius 2 is 2.09 bits per heavy atom. The normalized spacial score (nSPS) is 22.7. The van der Waals surface area contributed by atoms with Crippen LogP contribution in [-0.4, -0.2) is 48.9 Å². The fourth-order valence-electron chi connectivity index (χ4n) is 4.22. The van der Waals surface area contributed by atoms with Crippen LogP contribution in [0.4, 0.5) is 4.39 Å². The Morgan fingerprint density at radius 3 is 2.84 bits per heavy atom. The third-order valence-corrected chi connectivity index (χ3v) is 6.05. The minimum atomic E-state index is -2.69. The van der Waals surface area contributed by atoms with Gasteiger partial charge in [-0.15, -0.1) is 0 Å². The van der Waals surface area contributed by atoms with E-state index in [1.54, 1.807) is 12.1 Å². The van der Waals surface area contributed by atoms with Gasteiger partial charge in [0.25, 0.3) is 0 Å². The monoisotopic (exact) mass is 445 g/mol. The topological polar surface area (TPSA) is 84.6 Å². The van der Waals surface area contributed by atoms with Crippen LogP contribution in [0, 0.1) is 11.0 Å². The number of rotatable bonds is 8. The number of quaternary nitrogens is 1. The van der Waals surface area contributed by atoms with Crippen molar-refractivity contribution in [2.24, 2.45) is 0 Å². The molecule has 1 aliphatic rings. The molecular formula is C24H27FN2O5. The van der Waals surface area contributed by atoms with Crippen LogP contribution in [0.5, 0.6) is 11.5 Å². The summed E-state index contributed by atoms with van der Waals surface area (Å²) < 4.78 is 51.0. The van der Waals surface area contributed by atoms with E-state index in [4.69, 9.17) is 18.1 Å². The van der Waals surface area contributed by atoms with Gasteiger partial charge in [-0.3, -0.25) is 4.79 Å². The fourth-order valence-corrected chi connectivity index (χ4v) is 4.22. The van der Waals surface area contributed by atoms with Crippen molar-refractivity contribution in [3.05, 3.63) is 58.7 Å². The van der Waals surface area contributed by atoms with Crippen LogP contribution in [-0.2, 0) is 0 Å². The summed E-state index contributed by atoms with van der Waals surface area (Å²) in [4.78, 5) is 11.6. The highest BCUT2D eigenvalue weighted by Crippen LogP contribution is 2.35. The second-order valence-electron chi connectivity index (χ2n) is 8.23. The van der Waals surface area contributed by atoms with Crippen molar-refractivity contribution in [1.29, 1.82) is 0 Å². The van der Waals surface area contributed by atoms with Crippen LogP contribution >= 0.6 is 0 Å². The zero-order valence-electron chi connectivity index (χ0n) is 20.8.